The van der Waals surface area contributed by atoms with Gasteiger partial charge in [0.1, 0.15) is 5.75 Å². The van der Waals surface area contributed by atoms with Crippen LogP contribution in [0.5, 0.6) is 11.5 Å². The van der Waals surface area contributed by atoms with Gasteiger partial charge in [0, 0.05) is 0 Å². The Bertz CT molecular complexity index is 314. The van der Waals surface area contributed by atoms with Gasteiger partial charge in [0.2, 0.25) is 0 Å². The highest BCUT2D eigenvalue weighted by atomic mass is 16.5. The number of methoxy groups -OCH3 is 1. The Hall–Kier alpha value is -1.20. The maximum Gasteiger partial charge on any atom is 0.504 e. The summed E-state index contributed by atoms with van der Waals surface area (Å²) in [5.74, 6) is 1.02. The Morgan fingerprint density at radius 2 is 2.14 bits per heavy atom. The van der Waals surface area contributed by atoms with Crippen LogP contribution in [-0.2, 0) is 6.61 Å². The van der Waals surface area contributed by atoms with Crippen molar-refractivity contribution in [1.29, 1.82) is 0 Å². The molecule has 0 heterocycles. The van der Waals surface area contributed by atoms with Crippen LogP contribution in [0.2, 0.25) is 0 Å². The maximum absolute atomic E-state index is 8.96. The van der Waals surface area contributed by atoms with E-state index in [1.807, 2.05) is 6.92 Å². The predicted molar refractivity (Wildman–Crippen MR) is 53.6 cm³/mol. The predicted octanol–water partition coefficient (Wildman–Crippen LogP) is 0.134. The van der Waals surface area contributed by atoms with Gasteiger partial charge < -0.3 is 19.5 Å². The number of ether oxygens (including phenoxy) is 1. The van der Waals surface area contributed by atoms with Crippen LogP contribution in [0, 0.1) is 6.92 Å². The van der Waals surface area contributed by atoms with E-state index in [2.05, 4.69) is 0 Å². The van der Waals surface area contributed by atoms with Gasteiger partial charge in [-0.2, -0.15) is 0 Å². The third kappa shape index (κ3) is 2.18. The van der Waals surface area contributed by atoms with Crippen LogP contribution in [0.15, 0.2) is 12.1 Å². The molecule has 0 saturated heterocycles. The van der Waals surface area contributed by atoms with Crippen LogP contribution in [0.1, 0.15) is 11.1 Å². The van der Waals surface area contributed by atoms with Gasteiger partial charge >= 0.3 is 7.69 Å². The Labute approximate surface area is 83.4 Å². The first-order chi connectivity index (χ1) is 6.72. The summed E-state index contributed by atoms with van der Waals surface area (Å²) >= 11 is 0. The zero-order chi connectivity index (χ0) is 10.6. The summed E-state index contributed by atoms with van der Waals surface area (Å²) in [6.07, 6.45) is 0. The lowest BCUT2D eigenvalue weighted by atomic mass is 10.1. The number of benzene rings is 1. The number of hydrogen-bond donors (Lipinski definition) is 2. The van der Waals surface area contributed by atoms with Gasteiger partial charge in [-0.15, -0.1) is 0 Å². The van der Waals surface area contributed by atoms with Crippen molar-refractivity contribution in [3.63, 3.8) is 0 Å². The molecule has 0 radical (unpaired) electrons. The Morgan fingerprint density at radius 1 is 1.43 bits per heavy atom. The lowest BCUT2D eigenvalue weighted by Crippen LogP contribution is -2.04. The highest BCUT2D eigenvalue weighted by Gasteiger charge is 2.09. The third-order valence-electron chi connectivity index (χ3n) is 1.91. The molecule has 0 saturated carbocycles. The molecular weight excluding hydrogens is 183 g/mol. The van der Waals surface area contributed by atoms with E-state index in [0.29, 0.717) is 11.5 Å². The summed E-state index contributed by atoms with van der Waals surface area (Å²) < 4.78 is 10.1. The van der Waals surface area contributed by atoms with Gasteiger partial charge in [-0.05, 0) is 30.2 Å². The molecule has 0 bridgehead atoms. The number of aliphatic hydroxyl groups excluding tert-OH is 1. The first-order valence-electron chi connectivity index (χ1n) is 4.25. The molecule has 0 spiro atoms. The molecule has 76 valence electrons. The van der Waals surface area contributed by atoms with E-state index >= 15 is 0 Å². The summed E-state index contributed by atoms with van der Waals surface area (Å²) in [6, 6.07) is 3.46. The quantitative estimate of drug-likeness (QED) is 0.672. The summed E-state index contributed by atoms with van der Waals surface area (Å²) in [5.41, 5.74) is 1.58. The number of hydrogen-bond acceptors (Lipinski definition) is 4. The average Bonchev–Trinajstić information content (AvgIpc) is 2.20. The van der Waals surface area contributed by atoms with Crippen molar-refractivity contribution in [2.75, 3.05) is 7.11 Å². The molecule has 0 fully saturated rings. The van der Waals surface area contributed by atoms with Crippen LogP contribution in [0.25, 0.3) is 0 Å². The smallest absolute Gasteiger partial charge is 0.504 e. The second-order valence-electron chi connectivity index (χ2n) is 2.88. The van der Waals surface area contributed by atoms with Crippen LogP contribution in [0.3, 0.4) is 0 Å². The van der Waals surface area contributed by atoms with Crippen molar-refractivity contribution >= 4 is 7.69 Å². The summed E-state index contributed by atoms with van der Waals surface area (Å²) in [7, 11) is 1.12. The largest absolute Gasteiger partial charge is 0.536 e. The van der Waals surface area contributed by atoms with Crippen LogP contribution >= 0.6 is 0 Å². The van der Waals surface area contributed by atoms with Crippen LogP contribution in [-0.4, -0.2) is 24.9 Å². The van der Waals surface area contributed by atoms with Crippen molar-refractivity contribution in [2.24, 2.45) is 0 Å². The molecule has 14 heavy (non-hydrogen) atoms. The fraction of sp³-hybridized carbons (Fsp3) is 0.333. The second kappa shape index (κ2) is 4.88. The summed E-state index contributed by atoms with van der Waals surface area (Å²) in [4.78, 5) is 0. The molecular formula is C9H13BO4. The molecule has 1 aromatic rings. The van der Waals surface area contributed by atoms with Crippen molar-refractivity contribution in [3.05, 3.63) is 23.3 Å². The van der Waals surface area contributed by atoms with E-state index < -0.39 is 7.69 Å². The van der Waals surface area contributed by atoms with Crippen molar-refractivity contribution in [1.82, 2.24) is 0 Å². The fourth-order valence-electron chi connectivity index (χ4n) is 1.31. The molecule has 0 aliphatic carbocycles. The highest BCUT2D eigenvalue weighted by Crippen LogP contribution is 2.31. The Balaban J connectivity index is 3.13. The van der Waals surface area contributed by atoms with E-state index in [1.165, 1.54) is 7.11 Å². The van der Waals surface area contributed by atoms with E-state index in [9.17, 15) is 0 Å². The van der Waals surface area contributed by atoms with Crippen LogP contribution in [0.4, 0.5) is 0 Å². The SMILES string of the molecule is COc1cc(CO)cc(C)c1OBO. The van der Waals surface area contributed by atoms with Gasteiger partial charge in [0.05, 0.1) is 13.7 Å². The van der Waals surface area contributed by atoms with Gasteiger partial charge in [0.15, 0.2) is 5.75 Å². The molecule has 0 aromatic heterocycles. The van der Waals surface area contributed by atoms with E-state index in [4.69, 9.17) is 19.5 Å². The lowest BCUT2D eigenvalue weighted by Gasteiger charge is -2.13. The van der Waals surface area contributed by atoms with Gasteiger partial charge in [0.25, 0.3) is 0 Å². The third-order valence-corrected chi connectivity index (χ3v) is 1.91. The highest BCUT2D eigenvalue weighted by molar-refractivity contribution is 6.17. The molecule has 5 heteroatoms. The minimum absolute atomic E-state index is 0.0450. The standard InChI is InChI=1S/C9H13BO4/c1-6-3-7(5-11)4-8(13-2)9(6)14-10-12/h3-4,10-12H,5H2,1-2H3. The lowest BCUT2D eigenvalue weighted by molar-refractivity contribution is 0.280. The van der Waals surface area contributed by atoms with E-state index in [-0.39, 0.29) is 6.61 Å². The maximum atomic E-state index is 8.96. The first-order valence-corrected chi connectivity index (χ1v) is 4.25. The van der Waals surface area contributed by atoms with Gasteiger partial charge in [-0.1, -0.05) is 0 Å². The fourth-order valence-corrected chi connectivity index (χ4v) is 1.31. The van der Waals surface area contributed by atoms with Gasteiger partial charge in [-0.25, -0.2) is 0 Å². The van der Waals surface area contributed by atoms with Crippen molar-refractivity contribution in [2.45, 2.75) is 13.5 Å². The number of rotatable bonds is 4. The molecule has 2 N–H and O–H groups in total. The van der Waals surface area contributed by atoms with E-state index in [0.717, 1.165) is 11.1 Å². The molecule has 0 aliphatic heterocycles. The Morgan fingerprint density at radius 3 is 2.64 bits per heavy atom. The molecule has 4 nitrogen and oxygen atoms in total. The molecule has 1 aromatic carbocycles. The van der Waals surface area contributed by atoms with E-state index in [1.54, 1.807) is 12.1 Å². The minimum atomic E-state index is -0.393. The summed E-state index contributed by atoms with van der Waals surface area (Å²) in [6.45, 7) is 1.78. The topological polar surface area (TPSA) is 58.9 Å². The summed E-state index contributed by atoms with van der Waals surface area (Å²) in [5, 5.41) is 17.6. The monoisotopic (exact) mass is 196 g/mol. The number of aryl methyl sites for hydroxylation is 1. The average molecular weight is 196 g/mol. The van der Waals surface area contributed by atoms with Crippen LogP contribution < -0.4 is 9.39 Å². The molecule has 1 rings (SSSR count). The molecule has 0 amide bonds. The molecule has 0 aliphatic rings. The van der Waals surface area contributed by atoms with Crippen molar-refractivity contribution < 1.29 is 19.5 Å². The number of aliphatic hydroxyl groups is 1. The normalized spacial score (nSPS) is 9.71. The molecule has 0 unspecified atom stereocenters. The zero-order valence-electron chi connectivity index (χ0n) is 8.28. The zero-order valence-corrected chi connectivity index (χ0v) is 8.28. The molecule has 0 atom stereocenters. The minimum Gasteiger partial charge on any atom is -0.536 e. The van der Waals surface area contributed by atoms with Gasteiger partial charge in [-0.3, -0.25) is 0 Å². The second-order valence-corrected chi connectivity index (χ2v) is 2.88. The Kier molecular flexibility index (Phi) is 3.79. The first kappa shape index (κ1) is 10.9. The van der Waals surface area contributed by atoms with Crippen molar-refractivity contribution in [3.8, 4) is 11.5 Å².